The van der Waals surface area contributed by atoms with E-state index < -0.39 is 14.6 Å². The summed E-state index contributed by atoms with van der Waals surface area (Å²) in [5.41, 5.74) is 1.34. The van der Waals surface area contributed by atoms with Crippen molar-refractivity contribution in [3.8, 4) is 0 Å². The second-order valence-electron chi connectivity index (χ2n) is 6.08. The lowest BCUT2D eigenvalue weighted by Crippen LogP contribution is -2.66. The molecule has 3 heterocycles. The minimum absolute atomic E-state index is 0.150. The van der Waals surface area contributed by atoms with Crippen molar-refractivity contribution in [3.05, 3.63) is 54.9 Å². The highest BCUT2D eigenvalue weighted by Crippen LogP contribution is 2.33. The third-order valence-corrected chi connectivity index (χ3v) is 6.88. The van der Waals surface area contributed by atoms with E-state index in [9.17, 15) is 14.4 Å². The van der Waals surface area contributed by atoms with Gasteiger partial charge in [0.1, 0.15) is 11.9 Å². The highest BCUT2D eigenvalue weighted by molar-refractivity contribution is 6.93. The summed E-state index contributed by atoms with van der Waals surface area (Å²) in [4.78, 5) is 40.3. The minimum atomic E-state index is -3.83. The third kappa shape index (κ3) is 2.10. The Morgan fingerprint density at radius 1 is 1.21 bits per heavy atom. The predicted octanol–water partition coefficient (Wildman–Crippen LogP) is -0.134. The van der Waals surface area contributed by atoms with Crippen molar-refractivity contribution in [1.82, 2.24) is 10.3 Å². The van der Waals surface area contributed by atoms with Gasteiger partial charge in [0.05, 0.1) is 0 Å². The van der Waals surface area contributed by atoms with Crippen LogP contribution in [0.3, 0.4) is 0 Å². The number of nitrogens with one attached hydrogen (secondary N) is 1. The highest BCUT2D eigenvalue weighted by Gasteiger charge is 2.48. The number of para-hydroxylation sites is 1. The summed E-state index contributed by atoms with van der Waals surface area (Å²) in [6.45, 7) is 3.82. The first-order valence-electron chi connectivity index (χ1n) is 7.78. The number of aromatic nitrogens is 1. The first-order chi connectivity index (χ1) is 11.5. The molecule has 6 nitrogen and oxygen atoms in total. The maximum Gasteiger partial charge on any atom is 0.407 e. The van der Waals surface area contributed by atoms with E-state index in [1.807, 2.05) is 11.0 Å². The van der Waals surface area contributed by atoms with Gasteiger partial charge in [0.15, 0.2) is 0 Å². The van der Waals surface area contributed by atoms with Crippen LogP contribution in [0.2, 0.25) is 0 Å². The largest absolute Gasteiger partial charge is 0.407 e. The number of hydrogen-bond acceptors (Lipinski definition) is 5. The van der Waals surface area contributed by atoms with E-state index in [1.54, 1.807) is 36.5 Å². The Balaban J connectivity index is 1.92. The van der Waals surface area contributed by atoms with Gasteiger partial charge in [-0.25, -0.2) is 4.98 Å². The average Bonchev–Trinajstić information content (AvgIpc) is 2.57. The molecule has 1 unspecified atom stereocenters. The van der Waals surface area contributed by atoms with E-state index in [2.05, 4.69) is 16.9 Å². The Labute approximate surface area is 140 Å². The quantitative estimate of drug-likeness (QED) is 0.630. The molecule has 1 aromatic heterocycles. The Hall–Kier alpha value is -2.48. The standard InChI is InChI=1S/C17H17N3O3Si/c1-11-8-9-13(17(21)19-11)20-12-5-2-3-6-14(12)24(22,23)15-7-4-10-18-16(15)20/h2-7,10,13,22-23H,1,8-9H2,(H,19,21). The summed E-state index contributed by atoms with van der Waals surface area (Å²) in [6, 6.07) is 10.0. The molecule has 2 aromatic rings. The van der Waals surface area contributed by atoms with E-state index in [0.717, 1.165) is 0 Å². The molecule has 4 rings (SSSR count). The third-order valence-electron chi connectivity index (χ3n) is 4.56. The van der Waals surface area contributed by atoms with Gasteiger partial charge in [0.2, 0.25) is 5.91 Å². The smallest absolute Gasteiger partial charge is 0.404 e. The number of allylic oxidation sites excluding steroid dienone is 1. The summed E-state index contributed by atoms with van der Waals surface area (Å²) < 4.78 is 0. The molecule has 0 aliphatic carbocycles. The van der Waals surface area contributed by atoms with Crippen molar-refractivity contribution in [3.63, 3.8) is 0 Å². The number of piperidine rings is 1. The summed E-state index contributed by atoms with van der Waals surface area (Å²) in [5, 5.41) is 3.67. The number of anilines is 2. The molecule has 2 aliphatic heterocycles. The molecule has 1 saturated heterocycles. The van der Waals surface area contributed by atoms with E-state index in [4.69, 9.17) is 0 Å². The van der Waals surface area contributed by atoms with Gasteiger partial charge in [0, 0.05) is 28.0 Å². The van der Waals surface area contributed by atoms with Gasteiger partial charge in [-0.05, 0) is 25.0 Å². The van der Waals surface area contributed by atoms with Gasteiger partial charge in [-0.3, -0.25) is 4.79 Å². The number of hydrogen-bond donors (Lipinski definition) is 3. The van der Waals surface area contributed by atoms with Crippen LogP contribution in [-0.4, -0.2) is 35.1 Å². The molecule has 3 N–H and O–H groups in total. The highest BCUT2D eigenvalue weighted by atomic mass is 28.4. The van der Waals surface area contributed by atoms with Gasteiger partial charge in [-0.15, -0.1) is 0 Å². The van der Waals surface area contributed by atoms with Gasteiger partial charge in [-0.1, -0.05) is 30.8 Å². The van der Waals surface area contributed by atoms with E-state index in [-0.39, 0.29) is 5.91 Å². The first-order valence-corrected chi connectivity index (χ1v) is 9.67. The van der Waals surface area contributed by atoms with Crippen LogP contribution in [0, 0.1) is 0 Å². The number of rotatable bonds is 1. The average molecular weight is 339 g/mol. The van der Waals surface area contributed by atoms with Gasteiger partial charge >= 0.3 is 8.56 Å². The molecule has 0 saturated carbocycles. The minimum Gasteiger partial charge on any atom is -0.404 e. The summed E-state index contributed by atoms with van der Waals surface area (Å²) in [6.07, 6.45) is 2.88. The Morgan fingerprint density at radius 2 is 1.96 bits per heavy atom. The van der Waals surface area contributed by atoms with Crippen LogP contribution in [0.5, 0.6) is 0 Å². The maximum atomic E-state index is 12.5. The second-order valence-corrected chi connectivity index (χ2v) is 8.50. The van der Waals surface area contributed by atoms with Crippen molar-refractivity contribution in [2.24, 2.45) is 0 Å². The molecule has 24 heavy (non-hydrogen) atoms. The number of amides is 1. The second kappa shape index (κ2) is 5.27. The molecule has 7 heteroatoms. The topological polar surface area (TPSA) is 85.7 Å². The number of fused-ring (bicyclic) bond motifs is 2. The van der Waals surface area contributed by atoms with Crippen LogP contribution in [0.25, 0.3) is 0 Å². The molecule has 1 aromatic carbocycles. The summed E-state index contributed by atoms with van der Waals surface area (Å²) in [5.74, 6) is 0.295. The number of carbonyl (C=O) groups is 1. The molecule has 0 radical (unpaired) electrons. The van der Waals surface area contributed by atoms with Crippen LogP contribution in [0.4, 0.5) is 11.5 Å². The van der Waals surface area contributed by atoms with Crippen molar-refractivity contribution in [1.29, 1.82) is 0 Å². The normalized spacial score (nSPS) is 21.8. The lowest BCUT2D eigenvalue weighted by molar-refractivity contribution is -0.122. The van der Waals surface area contributed by atoms with Crippen LogP contribution in [0.1, 0.15) is 12.8 Å². The summed E-state index contributed by atoms with van der Waals surface area (Å²) >= 11 is 0. The number of pyridine rings is 1. The fraction of sp³-hybridized carbons (Fsp3) is 0.176. The fourth-order valence-corrected chi connectivity index (χ4v) is 5.43. The van der Waals surface area contributed by atoms with Crippen LogP contribution in [-0.2, 0) is 4.79 Å². The van der Waals surface area contributed by atoms with Crippen LogP contribution in [0.15, 0.2) is 54.9 Å². The summed E-state index contributed by atoms with van der Waals surface area (Å²) in [7, 11) is -3.83. The van der Waals surface area contributed by atoms with E-state index in [1.165, 1.54) is 0 Å². The zero-order chi connectivity index (χ0) is 16.9. The molecular weight excluding hydrogens is 322 g/mol. The molecular formula is C17H17N3O3Si. The lowest BCUT2D eigenvalue weighted by Gasteiger charge is -2.41. The van der Waals surface area contributed by atoms with E-state index in [0.29, 0.717) is 40.4 Å². The lowest BCUT2D eigenvalue weighted by atomic mass is 10.0. The molecule has 0 spiro atoms. The van der Waals surface area contributed by atoms with Crippen molar-refractivity contribution in [2.45, 2.75) is 18.9 Å². The first kappa shape index (κ1) is 15.1. The fourth-order valence-electron chi connectivity index (χ4n) is 3.42. The number of carbonyl (C=O) groups excluding carboxylic acids is 1. The van der Waals surface area contributed by atoms with E-state index >= 15 is 0 Å². The molecule has 0 bridgehead atoms. The van der Waals surface area contributed by atoms with Crippen molar-refractivity contribution >= 4 is 36.3 Å². The monoisotopic (exact) mass is 339 g/mol. The van der Waals surface area contributed by atoms with Gasteiger partial charge < -0.3 is 19.8 Å². The zero-order valence-corrected chi connectivity index (χ0v) is 13.9. The van der Waals surface area contributed by atoms with Crippen molar-refractivity contribution in [2.75, 3.05) is 4.90 Å². The molecule has 2 aliphatic rings. The molecule has 1 fully saturated rings. The Morgan fingerprint density at radius 3 is 2.75 bits per heavy atom. The Bertz CT molecular complexity index is 803. The van der Waals surface area contributed by atoms with Gasteiger partial charge in [-0.2, -0.15) is 0 Å². The van der Waals surface area contributed by atoms with Crippen LogP contribution < -0.4 is 20.6 Å². The molecule has 122 valence electrons. The number of nitrogens with zero attached hydrogens (tertiary/aromatic N) is 2. The maximum absolute atomic E-state index is 12.5. The SMILES string of the molecule is C=C1CCC(N2c3ccccc3[Si](O)(O)c3cccnc32)C(=O)N1. The van der Waals surface area contributed by atoms with Gasteiger partial charge in [0.25, 0.3) is 0 Å². The number of benzene rings is 1. The predicted molar refractivity (Wildman–Crippen MR) is 92.6 cm³/mol. The van der Waals surface area contributed by atoms with Crippen molar-refractivity contribution < 1.29 is 14.4 Å². The van der Waals surface area contributed by atoms with Crippen LogP contribution >= 0.6 is 0 Å². The zero-order valence-electron chi connectivity index (χ0n) is 12.9. The molecule has 1 atom stereocenters. The molecule has 1 amide bonds. The Kier molecular flexibility index (Phi) is 3.31.